The zero-order valence-corrected chi connectivity index (χ0v) is 10.6. The molecule has 1 aromatic carbocycles. The van der Waals surface area contributed by atoms with E-state index < -0.39 is 5.54 Å². The monoisotopic (exact) mass is 294 g/mol. The van der Waals surface area contributed by atoms with Gasteiger partial charge in [0.25, 0.3) is 5.91 Å². The maximum absolute atomic E-state index is 11.8. The van der Waals surface area contributed by atoms with Crippen molar-refractivity contribution in [1.29, 1.82) is 0 Å². The van der Waals surface area contributed by atoms with E-state index in [9.17, 15) is 9.59 Å². The Kier molecular flexibility index (Phi) is 2.26. The highest BCUT2D eigenvalue weighted by molar-refractivity contribution is 9.10. The number of urea groups is 1. The number of imide groups is 1. The van der Waals surface area contributed by atoms with Crippen LogP contribution in [0.5, 0.6) is 0 Å². The van der Waals surface area contributed by atoms with Crippen LogP contribution in [-0.4, -0.2) is 17.5 Å². The molecule has 0 radical (unpaired) electrons. The van der Waals surface area contributed by atoms with Crippen molar-refractivity contribution in [2.24, 2.45) is 0 Å². The third kappa shape index (κ3) is 1.65. The molecule has 1 atom stereocenters. The van der Waals surface area contributed by atoms with Crippen LogP contribution < -0.4 is 10.6 Å². The van der Waals surface area contributed by atoms with Crippen LogP contribution in [0.4, 0.5) is 4.79 Å². The molecule has 5 heteroatoms. The van der Waals surface area contributed by atoms with E-state index in [1.165, 1.54) is 5.56 Å². The molecule has 0 saturated carbocycles. The van der Waals surface area contributed by atoms with Crippen molar-refractivity contribution in [2.75, 3.05) is 0 Å². The third-order valence-electron chi connectivity index (χ3n) is 3.50. The fraction of sp³-hybridized carbons (Fsp3) is 0.333. The molecule has 1 heterocycles. The molecule has 1 spiro atoms. The molecule has 1 aliphatic heterocycles. The number of carbonyl (C=O) groups excluding carboxylic acids is 2. The summed E-state index contributed by atoms with van der Waals surface area (Å²) in [5, 5.41) is 5.08. The summed E-state index contributed by atoms with van der Waals surface area (Å²) in [4.78, 5) is 23.1. The first-order valence-electron chi connectivity index (χ1n) is 5.50. The number of nitrogens with one attached hydrogen (secondary N) is 2. The Morgan fingerprint density at radius 3 is 2.76 bits per heavy atom. The quantitative estimate of drug-likeness (QED) is 0.713. The molecule has 3 rings (SSSR count). The summed E-state index contributed by atoms with van der Waals surface area (Å²) in [5.74, 6) is -0.198. The van der Waals surface area contributed by atoms with Crippen LogP contribution in [0.25, 0.3) is 0 Å². The van der Waals surface area contributed by atoms with Gasteiger partial charge in [-0.1, -0.05) is 22.0 Å². The van der Waals surface area contributed by atoms with E-state index in [0.717, 1.165) is 16.5 Å². The Labute approximate surface area is 107 Å². The first-order chi connectivity index (χ1) is 8.09. The van der Waals surface area contributed by atoms with Gasteiger partial charge in [-0.15, -0.1) is 0 Å². The Balaban J connectivity index is 1.98. The highest BCUT2D eigenvalue weighted by atomic mass is 79.9. The highest BCUT2D eigenvalue weighted by Crippen LogP contribution is 2.32. The maximum atomic E-state index is 11.8. The summed E-state index contributed by atoms with van der Waals surface area (Å²) in [6.07, 6.45) is 2.05. The van der Waals surface area contributed by atoms with Crippen molar-refractivity contribution in [2.45, 2.75) is 24.8 Å². The number of carbonyl (C=O) groups is 2. The van der Waals surface area contributed by atoms with Crippen LogP contribution in [-0.2, 0) is 17.6 Å². The molecule has 1 aliphatic carbocycles. The summed E-state index contributed by atoms with van der Waals surface area (Å²) >= 11 is 3.44. The van der Waals surface area contributed by atoms with E-state index in [0.29, 0.717) is 12.8 Å². The van der Waals surface area contributed by atoms with E-state index >= 15 is 0 Å². The average Bonchev–Trinajstić information content (AvgIpc) is 2.54. The van der Waals surface area contributed by atoms with Crippen molar-refractivity contribution in [1.82, 2.24) is 10.6 Å². The summed E-state index contributed by atoms with van der Waals surface area (Å²) in [7, 11) is 0. The number of aryl methyl sites for hydroxylation is 1. The van der Waals surface area contributed by atoms with E-state index in [1.54, 1.807) is 0 Å². The SMILES string of the molecule is O=C1NC(=O)C2(CCc3cc(Br)ccc3C2)N1. The Morgan fingerprint density at radius 2 is 2.06 bits per heavy atom. The van der Waals surface area contributed by atoms with Crippen molar-refractivity contribution in [3.63, 3.8) is 0 Å². The lowest BCUT2D eigenvalue weighted by molar-refractivity contribution is -0.124. The zero-order chi connectivity index (χ0) is 12.0. The molecule has 4 nitrogen and oxygen atoms in total. The fourth-order valence-corrected chi connectivity index (χ4v) is 3.00. The number of benzene rings is 1. The number of hydrogen-bond donors (Lipinski definition) is 2. The molecule has 1 fully saturated rings. The van der Waals surface area contributed by atoms with Crippen molar-refractivity contribution in [3.8, 4) is 0 Å². The van der Waals surface area contributed by atoms with Gasteiger partial charge in [-0.2, -0.15) is 0 Å². The Bertz CT molecular complexity index is 529. The standard InChI is InChI=1S/C12H11BrN2O2/c13-9-2-1-8-6-12(4-3-7(8)5-9)10(16)14-11(17)15-12/h1-2,5H,3-4,6H2,(H2,14,15,16,17). The molecule has 2 aliphatic rings. The minimum absolute atomic E-state index is 0.198. The molecule has 1 aromatic rings. The molecule has 1 saturated heterocycles. The van der Waals surface area contributed by atoms with Crippen LogP contribution >= 0.6 is 15.9 Å². The smallest absolute Gasteiger partial charge is 0.322 e. The number of halogens is 1. The second-order valence-electron chi connectivity index (χ2n) is 4.58. The van der Waals surface area contributed by atoms with Crippen molar-refractivity contribution in [3.05, 3.63) is 33.8 Å². The van der Waals surface area contributed by atoms with Crippen molar-refractivity contribution >= 4 is 27.9 Å². The van der Waals surface area contributed by atoms with Crippen LogP contribution in [0.3, 0.4) is 0 Å². The lowest BCUT2D eigenvalue weighted by Gasteiger charge is -2.31. The van der Waals surface area contributed by atoms with E-state index in [1.807, 2.05) is 12.1 Å². The fourth-order valence-electron chi connectivity index (χ4n) is 2.59. The number of hydrogen-bond acceptors (Lipinski definition) is 2. The van der Waals surface area contributed by atoms with Gasteiger partial charge in [-0.3, -0.25) is 10.1 Å². The first kappa shape index (κ1) is 10.8. The predicted octanol–water partition coefficient (Wildman–Crippen LogP) is 1.52. The van der Waals surface area contributed by atoms with Gasteiger partial charge in [-0.25, -0.2) is 4.79 Å². The van der Waals surface area contributed by atoms with Crippen LogP contribution in [0, 0.1) is 0 Å². The number of rotatable bonds is 0. The van der Waals surface area contributed by atoms with Gasteiger partial charge in [-0.05, 0) is 36.1 Å². The van der Waals surface area contributed by atoms with E-state index in [4.69, 9.17) is 0 Å². The second kappa shape index (κ2) is 3.57. The van der Waals surface area contributed by atoms with E-state index in [2.05, 4.69) is 32.6 Å². The Hall–Kier alpha value is -1.36. The normalized spacial score (nSPS) is 26.6. The van der Waals surface area contributed by atoms with Crippen LogP contribution in [0.2, 0.25) is 0 Å². The number of amides is 3. The van der Waals surface area contributed by atoms with Crippen LogP contribution in [0.15, 0.2) is 22.7 Å². The minimum atomic E-state index is -0.724. The molecule has 0 aromatic heterocycles. The molecule has 1 unspecified atom stereocenters. The van der Waals surface area contributed by atoms with Gasteiger partial charge in [0.05, 0.1) is 0 Å². The average molecular weight is 295 g/mol. The van der Waals surface area contributed by atoms with Gasteiger partial charge >= 0.3 is 6.03 Å². The molecule has 88 valence electrons. The molecule has 3 amide bonds. The van der Waals surface area contributed by atoms with Gasteiger partial charge < -0.3 is 5.32 Å². The van der Waals surface area contributed by atoms with Gasteiger partial charge in [0, 0.05) is 10.9 Å². The van der Waals surface area contributed by atoms with Gasteiger partial charge in [0.1, 0.15) is 5.54 Å². The summed E-state index contributed by atoms with van der Waals surface area (Å²) in [6.45, 7) is 0. The summed E-state index contributed by atoms with van der Waals surface area (Å²) in [6, 6.07) is 5.68. The molecule has 0 bridgehead atoms. The lowest BCUT2D eigenvalue weighted by Crippen LogP contribution is -2.51. The van der Waals surface area contributed by atoms with Crippen molar-refractivity contribution < 1.29 is 9.59 Å². The maximum Gasteiger partial charge on any atom is 0.322 e. The topological polar surface area (TPSA) is 58.2 Å². The summed E-state index contributed by atoms with van der Waals surface area (Å²) < 4.78 is 1.05. The van der Waals surface area contributed by atoms with E-state index in [-0.39, 0.29) is 11.9 Å². The molecule has 17 heavy (non-hydrogen) atoms. The molecule has 2 N–H and O–H groups in total. The number of fused-ring (bicyclic) bond motifs is 1. The molecular formula is C12H11BrN2O2. The van der Waals surface area contributed by atoms with Gasteiger partial charge in [0.2, 0.25) is 0 Å². The third-order valence-corrected chi connectivity index (χ3v) is 3.99. The highest BCUT2D eigenvalue weighted by Gasteiger charge is 2.47. The first-order valence-corrected chi connectivity index (χ1v) is 6.29. The minimum Gasteiger partial charge on any atom is -0.323 e. The van der Waals surface area contributed by atoms with Gasteiger partial charge in [0.15, 0.2) is 0 Å². The Morgan fingerprint density at radius 1 is 1.24 bits per heavy atom. The second-order valence-corrected chi connectivity index (χ2v) is 5.50. The zero-order valence-electron chi connectivity index (χ0n) is 9.05. The lowest BCUT2D eigenvalue weighted by atomic mass is 9.78. The summed E-state index contributed by atoms with van der Waals surface area (Å²) in [5.41, 5.74) is 1.66. The largest absolute Gasteiger partial charge is 0.323 e. The van der Waals surface area contributed by atoms with Crippen LogP contribution in [0.1, 0.15) is 17.5 Å². The predicted molar refractivity (Wildman–Crippen MR) is 65.6 cm³/mol. The molecular weight excluding hydrogens is 284 g/mol.